The molecule has 0 radical (unpaired) electrons. The lowest BCUT2D eigenvalue weighted by Crippen LogP contribution is -2.00. The predicted octanol–water partition coefficient (Wildman–Crippen LogP) is 3.53. The summed E-state index contributed by atoms with van der Waals surface area (Å²) in [7, 11) is 0. The van der Waals surface area contributed by atoms with Crippen molar-refractivity contribution in [1.29, 1.82) is 0 Å². The molecule has 1 aromatic carbocycles. The first-order valence-electron chi connectivity index (χ1n) is 5.99. The van der Waals surface area contributed by atoms with Gasteiger partial charge in [0, 0.05) is 17.9 Å². The number of aromatic nitrogens is 1. The fourth-order valence-electron chi connectivity index (χ4n) is 1.66. The van der Waals surface area contributed by atoms with Crippen LogP contribution < -0.4 is 0 Å². The number of carbonyl (C=O) groups is 1. The first kappa shape index (κ1) is 15.5. The number of pyridine rings is 1. The van der Waals surface area contributed by atoms with Gasteiger partial charge in [0.1, 0.15) is 10.7 Å². The number of non-ortho nitro benzene ring substituents is 1. The maximum absolute atomic E-state index is 10.9. The van der Waals surface area contributed by atoms with Crippen LogP contribution in [0.1, 0.15) is 16.1 Å². The molecule has 0 atom stereocenters. The SMILES string of the molecule is [C-]#[N+]c1ccc(C(=O)O)nc1SCc1cccc([N+](=O)[O-])c1. The molecule has 0 saturated carbocycles. The summed E-state index contributed by atoms with van der Waals surface area (Å²) in [5.74, 6) is -0.825. The van der Waals surface area contributed by atoms with E-state index in [1.54, 1.807) is 12.1 Å². The molecule has 1 aromatic heterocycles. The predicted molar refractivity (Wildman–Crippen MR) is 80.1 cm³/mol. The number of nitro groups is 1. The van der Waals surface area contributed by atoms with Gasteiger partial charge in [0.15, 0.2) is 0 Å². The van der Waals surface area contributed by atoms with Gasteiger partial charge in [-0.15, -0.1) is 11.8 Å². The normalized spacial score (nSPS) is 9.95. The summed E-state index contributed by atoms with van der Waals surface area (Å²) >= 11 is 1.17. The number of carboxylic acids is 1. The van der Waals surface area contributed by atoms with Crippen LogP contribution >= 0.6 is 11.8 Å². The Hall–Kier alpha value is -2.92. The van der Waals surface area contributed by atoms with E-state index in [0.29, 0.717) is 16.3 Å². The Morgan fingerprint density at radius 2 is 2.18 bits per heavy atom. The Kier molecular flexibility index (Phi) is 4.70. The van der Waals surface area contributed by atoms with Crippen LogP contribution in [0, 0.1) is 16.7 Å². The second-order valence-electron chi connectivity index (χ2n) is 4.15. The molecule has 0 fully saturated rings. The third kappa shape index (κ3) is 3.59. The highest BCUT2D eigenvalue weighted by molar-refractivity contribution is 7.98. The monoisotopic (exact) mass is 315 g/mol. The first-order chi connectivity index (χ1) is 10.5. The molecular weight excluding hydrogens is 306 g/mol. The van der Waals surface area contributed by atoms with Crippen LogP contribution in [0.3, 0.4) is 0 Å². The number of benzene rings is 1. The fourth-order valence-corrected chi connectivity index (χ4v) is 2.56. The highest BCUT2D eigenvalue weighted by Crippen LogP contribution is 2.31. The number of nitro benzene ring substituents is 1. The molecule has 22 heavy (non-hydrogen) atoms. The zero-order chi connectivity index (χ0) is 16.1. The molecule has 0 unspecified atom stereocenters. The summed E-state index contributed by atoms with van der Waals surface area (Å²) in [6, 6.07) is 8.80. The van der Waals surface area contributed by atoms with Gasteiger partial charge in [-0.2, -0.15) is 0 Å². The van der Waals surface area contributed by atoms with E-state index in [1.165, 1.54) is 36.0 Å². The molecule has 0 aliphatic carbocycles. The van der Waals surface area contributed by atoms with Crippen molar-refractivity contribution in [3.8, 4) is 0 Å². The number of hydrogen-bond donors (Lipinski definition) is 1. The van der Waals surface area contributed by atoms with E-state index >= 15 is 0 Å². The molecule has 0 bridgehead atoms. The molecule has 0 saturated heterocycles. The van der Waals surface area contributed by atoms with Gasteiger partial charge in [-0.05, 0) is 11.6 Å². The minimum absolute atomic E-state index is 0.0178. The summed E-state index contributed by atoms with van der Waals surface area (Å²) in [4.78, 5) is 28.4. The Morgan fingerprint density at radius 3 is 2.82 bits per heavy atom. The Labute approximate surface area is 129 Å². The molecule has 1 N–H and O–H groups in total. The first-order valence-corrected chi connectivity index (χ1v) is 6.97. The Balaban J connectivity index is 2.22. The second kappa shape index (κ2) is 6.69. The van der Waals surface area contributed by atoms with Gasteiger partial charge in [0.05, 0.1) is 11.5 Å². The van der Waals surface area contributed by atoms with E-state index in [0.717, 1.165) is 0 Å². The number of aromatic carboxylic acids is 1. The fraction of sp³-hybridized carbons (Fsp3) is 0.0714. The van der Waals surface area contributed by atoms with Crippen molar-refractivity contribution in [3.05, 3.63) is 69.2 Å². The molecule has 2 aromatic rings. The summed E-state index contributed by atoms with van der Waals surface area (Å²) in [6.45, 7) is 7.07. The van der Waals surface area contributed by atoms with Gasteiger partial charge >= 0.3 is 5.97 Å². The third-order valence-electron chi connectivity index (χ3n) is 2.68. The molecule has 1 heterocycles. The molecule has 7 nitrogen and oxygen atoms in total. The van der Waals surface area contributed by atoms with Crippen LogP contribution in [0.2, 0.25) is 0 Å². The van der Waals surface area contributed by atoms with Crippen LogP contribution in [0.25, 0.3) is 4.85 Å². The minimum Gasteiger partial charge on any atom is -0.477 e. The molecule has 0 aliphatic heterocycles. The zero-order valence-electron chi connectivity index (χ0n) is 11.1. The van der Waals surface area contributed by atoms with Crippen molar-refractivity contribution < 1.29 is 14.8 Å². The van der Waals surface area contributed by atoms with Crippen LogP contribution in [0.4, 0.5) is 11.4 Å². The van der Waals surface area contributed by atoms with E-state index in [1.807, 2.05) is 0 Å². The molecule has 0 spiro atoms. The van der Waals surface area contributed by atoms with Gasteiger partial charge in [-0.1, -0.05) is 18.2 Å². The largest absolute Gasteiger partial charge is 0.477 e. The van der Waals surface area contributed by atoms with Crippen molar-refractivity contribution in [1.82, 2.24) is 4.98 Å². The maximum atomic E-state index is 10.9. The number of carboxylic acid groups (broad SMARTS) is 1. The van der Waals surface area contributed by atoms with Crippen molar-refractivity contribution in [2.24, 2.45) is 0 Å². The highest BCUT2D eigenvalue weighted by atomic mass is 32.2. The summed E-state index contributed by atoms with van der Waals surface area (Å²) in [6.07, 6.45) is 0. The number of rotatable bonds is 5. The molecular formula is C14H9N3O4S. The van der Waals surface area contributed by atoms with Crippen LogP contribution in [0.5, 0.6) is 0 Å². The summed E-state index contributed by atoms with van der Waals surface area (Å²) in [5.41, 5.74) is 0.780. The number of hydrogen-bond acceptors (Lipinski definition) is 5. The van der Waals surface area contributed by atoms with E-state index in [9.17, 15) is 14.9 Å². The van der Waals surface area contributed by atoms with Crippen molar-refractivity contribution in [3.63, 3.8) is 0 Å². The third-order valence-corrected chi connectivity index (χ3v) is 3.73. The van der Waals surface area contributed by atoms with E-state index in [4.69, 9.17) is 11.7 Å². The van der Waals surface area contributed by atoms with E-state index in [2.05, 4.69) is 9.83 Å². The van der Waals surface area contributed by atoms with Crippen molar-refractivity contribution >= 4 is 29.1 Å². The lowest BCUT2D eigenvalue weighted by molar-refractivity contribution is -0.384. The smallest absolute Gasteiger partial charge is 0.354 e. The molecule has 0 amide bonds. The maximum Gasteiger partial charge on any atom is 0.354 e. The van der Waals surface area contributed by atoms with E-state index < -0.39 is 10.9 Å². The Morgan fingerprint density at radius 1 is 1.41 bits per heavy atom. The Bertz CT molecular complexity index is 786. The summed E-state index contributed by atoms with van der Waals surface area (Å²) < 4.78 is 0. The topological polar surface area (TPSA) is 97.7 Å². The van der Waals surface area contributed by atoms with Gasteiger partial charge in [0.2, 0.25) is 5.69 Å². The van der Waals surface area contributed by atoms with E-state index in [-0.39, 0.29) is 17.1 Å². The van der Waals surface area contributed by atoms with Gasteiger partial charge < -0.3 is 5.11 Å². The summed E-state index contributed by atoms with van der Waals surface area (Å²) in [5, 5.41) is 20.0. The molecule has 110 valence electrons. The zero-order valence-corrected chi connectivity index (χ0v) is 11.9. The lowest BCUT2D eigenvalue weighted by atomic mass is 10.2. The quantitative estimate of drug-likeness (QED) is 0.392. The van der Waals surface area contributed by atoms with Gasteiger partial charge in [-0.3, -0.25) is 10.1 Å². The van der Waals surface area contributed by atoms with Crippen LogP contribution in [-0.4, -0.2) is 21.0 Å². The number of thioether (sulfide) groups is 1. The van der Waals surface area contributed by atoms with Crippen LogP contribution in [0.15, 0.2) is 41.4 Å². The van der Waals surface area contributed by atoms with Gasteiger partial charge in [-0.25, -0.2) is 14.6 Å². The molecule has 2 rings (SSSR count). The van der Waals surface area contributed by atoms with Crippen LogP contribution in [-0.2, 0) is 5.75 Å². The second-order valence-corrected chi connectivity index (χ2v) is 5.12. The number of nitrogens with zero attached hydrogens (tertiary/aromatic N) is 3. The lowest BCUT2D eigenvalue weighted by Gasteiger charge is -2.05. The average molecular weight is 315 g/mol. The van der Waals surface area contributed by atoms with Gasteiger partial charge in [0.25, 0.3) is 5.69 Å². The molecule has 0 aliphatic rings. The standard InChI is InChI=1S/C14H9N3O4S/c1-15-11-5-6-12(14(18)19)16-13(11)22-8-9-3-2-4-10(7-9)17(20)21/h2-7H,8H2,(H,18,19). The minimum atomic E-state index is -1.17. The molecule has 8 heteroatoms. The highest BCUT2D eigenvalue weighted by Gasteiger charge is 2.12. The van der Waals surface area contributed by atoms with Crippen molar-refractivity contribution in [2.45, 2.75) is 10.8 Å². The average Bonchev–Trinajstić information content (AvgIpc) is 2.52. The van der Waals surface area contributed by atoms with Crippen molar-refractivity contribution in [2.75, 3.05) is 0 Å².